The van der Waals surface area contributed by atoms with Crippen molar-refractivity contribution >= 4 is 5.97 Å². The Hall–Kier alpha value is -0.950. The van der Waals surface area contributed by atoms with Gasteiger partial charge in [0, 0.05) is 20.2 Å². The monoisotopic (exact) mass is 313 g/mol. The summed E-state index contributed by atoms with van der Waals surface area (Å²) in [5.41, 5.74) is -0.767. The van der Waals surface area contributed by atoms with Crippen LogP contribution in [0.5, 0.6) is 0 Å². The number of esters is 1. The van der Waals surface area contributed by atoms with Gasteiger partial charge in [0.1, 0.15) is 6.61 Å². The van der Waals surface area contributed by atoms with Gasteiger partial charge in [-0.15, -0.1) is 0 Å². The van der Waals surface area contributed by atoms with E-state index in [4.69, 9.17) is 9.47 Å². The maximum atomic E-state index is 12.4. The van der Waals surface area contributed by atoms with Crippen molar-refractivity contribution in [1.29, 1.82) is 0 Å². The summed E-state index contributed by atoms with van der Waals surface area (Å²) in [4.78, 5) is 14.5. The fourth-order valence-electron chi connectivity index (χ4n) is 3.34. The fraction of sp³-hybridized carbons (Fsp3) is 0.812. The molecule has 0 saturated carbocycles. The SMILES string of the molecule is COC(C)[C@](O)(C(=O)OCC1=CCN2CC[C@@H](O)[C@@H]12)C(C)C. The Bertz CT molecular complexity index is 450. The van der Waals surface area contributed by atoms with Crippen LogP contribution in [0.2, 0.25) is 0 Å². The molecule has 126 valence electrons. The average molecular weight is 313 g/mol. The lowest BCUT2D eigenvalue weighted by Crippen LogP contribution is -2.54. The lowest BCUT2D eigenvalue weighted by atomic mass is 9.85. The van der Waals surface area contributed by atoms with Crippen molar-refractivity contribution in [2.75, 3.05) is 26.8 Å². The van der Waals surface area contributed by atoms with Crippen LogP contribution in [0.3, 0.4) is 0 Å². The number of hydrogen-bond donors (Lipinski definition) is 2. The number of ether oxygens (including phenoxy) is 2. The van der Waals surface area contributed by atoms with E-state index in [0.29, 0.717) is 0 Å². The van der Waals surface area contributed by atoms with Gasteiger partial charge in [-0.3, -0.25) is 4.90 Å². The molecule has 0 spiro atoms. The Kier molecular flexibility index (Phi) is 5.27. The van der Waals surface area contributed by atoms with Crippen molar-refractivity contribution in [3.05, 3.63) is 11.6 Å². The summed E-state index contributed by atoms with van der Waals surface area (Å²) in [6, 6.07) is -0.0557. The molecule has 0 bridgehead atoms. The minimum Gasteiger partial charge on any atom is -0.459 e. The van der Waals surface area contributed by atoms with Crippen molar-refractivity contribution in [2.45, 2.75) is 51.0 Å². The van der Waals surface area contributed by atoms with Gasteiger partial charge < -0.3 is 19.7 Å². The number of hydrogen-bond acceptors (Lipinski definition) is 6. The molecule has 0 aliphatic carbocycles. The highest BCUT2D eigenvalue weighted by Crippen LogP contribution is 2.30. The van der Waals surface area contributed by atoms with E-state index in [0.717, 1.165) is 25.1 Å². The quantitative estimate of drug-likeness (QED) is 0.543. The first-order valence-electron chi connectivity index (χ1n) is 7.85. The number of methoxy groups -OCH3 is 1. The topological polar surface area (TPSA) is 79.2 Å². The van der Waals surface area contributed by atoms with Crippen LogP contribution in [0.1, 0.15) is 27.2 Å². The van der Waals surface area contributed by atoms with E-state index >= 15 is 0 Å². The molecule has 0 aromatic heterocycles. The van der Waals surface area contributed by atoms with Gasteiger partial charge >= 0.3 is 5.97 Å². The molecule has 2 N–H and O–H groups in total. The van der Waals surface area contributed by atoms with Gasteiger partial charge in [-0.05, 0) is 24.8 Å². The molecule has 2 heterocycles. The minimum atomic E-state index is -1.68. The highest BCUT2D eigenvalue weighted by atomic mass is 16.6. The standard InChI is InChI=1S/C16H27NO5/c1-10(2)16(20,11(3)21-4)15(19)22-9-12-5-7-17-8-6-13(18)14(12)17/h5,10-11,13-14,18,20H,6-9H2,1-4H3/t11?,13-,14-,16+/m1/s1. The van der Waals surface area contributed by atoms with Gasteiger partial charge in [0.25, 0.3) is 0 Å². The molecule has 2 aliphatic rings. The largest absolute Gasteiger partial charge is 0.459 e. The summed E-state index contributed by atoms with van der Waals surface area (Å²) in [5, 5.41) is 20.7. The number of carbonyl (C=O) groups is 1. The maximum absolute atomic E-state index is 12.4. The van der Waals surface area contributed by atoms with Crippen molar-refractivity contribution < 1.29 is 24.5 Å². The zero-order valence-corrected chi connectivity index (χ0v) is 13.8. The smallest absolute Gasteiger partial charge is 0.341 e. The third-order valence-electron chi connectivity index (χ3n) is 4.99. The van der Waals surface area contributed by atoms with Crippen LogP contribution < -0.4 is 0 Å². The van der Waals surface area contributed by atoms with Crippen LogP contribution >= 0.6 is 0 Å². The van der Waals surface area contributed by atoms with E-state index in [2.05, 4.69) is 4.90 Å². The number of carbonyl (C=O) groups excluding carboxylic acids is 1. The van der Waals surface area contributed by atoms with E-state index in [1.165, 1.54) is 7.11 Å². The van der Waals surface area contributed by atoms with Gasteiger partial charge in [0.05, 0.1) is 18.2 Å². The summed E-state index contributed by atoms with van der Waals surface area (Å²) < 4.78 is 10.5. The zero-order chi connectivity index (χ0) is 16.5. The van der Waals surface area contributed by atoms with Crippen LogP contribution in [0.25, 0.3) is 0 Å². The molecule has 0 aromatic rings. The summed E-state index contributed by atoms with van der Waals surface area (Å²) >= 11 is 0. The van der Waals surface area contributed by atoms with Crippen LogP contribution in [-0.4, -0.2) is 71.7 Å². The van der Waals surface area contributed by atoms with Crippen LogP contribution in [0, 0.1) is 5.92 Å². The minimum absolute atomic E-state index is 0.0557. The van der Waals surface area contributed by atoms with Gasteiger partial charge in [-0.2, -0.15) is 0 Å². The number of aliphatic hydroxyl groups excluding tert-OH is 1. The molecular formula is C16H27NO5. The molecule has 4 atom stereocenters. The van der Waals surface area contributed by atoms with Gasteiger partial charge in [0.2, 0.25) is 0 Å². The molecule has 1 saturated heterocycles. The molecule has 1 fully saturated rings. The third-order valence-corrected chi connectivity index (χ3v) is 4.99. The number of aliphatic hydroxyl groups is 2. The summed E-state index contributed by atoms with van der Waals surface area (Å²) in [6.45, 7) is 6.90. The molecule has 1 unspecified atom stereocenters. The van der Waals surface area contributed by atoms with E-state index in [9.17, 15) is 15.0 Å². The van der Waals surface area contributed by atoms with E-state index in [-0.39, 0.29) is 18.6 Å². The first kappa shape index (κ1) is 17.4. The van der Waals surface area contributed by atoms with Gasteiger partial charge in [-0.25, -0.2) is 4.79 Å². The second-order valence-corrected chi connectivity index (χ2v) is 6.51. The molecule has 22 heavy (non-hydrogen) atoms. The summed E-state index contributed by atoms with van der Waals surface area (Å²) in [7, 11) is 1.46. The number of rotatable bonds is 6. The Balaban J connectivity index is 2.00. The molecule has 2 aliphatic heterocycles. The molecule has 6 nitrogen and oxygen atoms in total. The van der Waals surface area contributed by atoms with E-state index in [1.54, 1.807) is 20.8 Å². The summed E-state index contributed by atoms with van der Waals surface area (Å²) in [6.07, 6.45) is 1.67. The first-order chi connectivity index (χ1) is 10.3. The Morgan fingerprint density at radius 3 is 2.77 bits per heavy atom. The van der Waals surface area contributed by atoms with Crippen molar-refractivity contribution in [3.63, 3.8) is 0 Å². The Labute approximate surface area is 131 Å². The molecule has 6 heteroatoms. The first-order valence-corrected chi connectivity index (χ1v) is 7.85. The normalized spacial score (nSPS) is 29.1. The van der Waals surface area contributed by atoms with Crippen molar-refractivity contribution in [1.82, 2.24) is 4.90 Å². The predicted octanol–water partition coefficient (Wildman–Crippen LogP) is 0.327. The second kappa shape index (κ2) is 6.66. The molecule has 0 radical (unpaired) electrons. The highest BCUT2D eigenvalue weighted by molar-refractivity contribution is 5.80. The second-order valence-electron chi connectivity index (χ2n) is 6.51. The number of nitrogens with zero attached hydrogens (tertiary/aromatic N) is 1. The van der Waals surface area contributed by atoms with E-state index in [1.807, 2.05) is 6.08 Å². The molecule has 0 aromatic carbocycles. The zero-order valence-electron chi connectivity index (χ0n) is 13.8. The third kappa shape index (κ3) is 2.93. The lowest BCUT2D eigenvalue weighted by molar-refractivity contribution is -0.186. The number of fused-ring (bicyclic) bond motifs is 1. The predicted molar refractivity (Wildman–Crippen MR) is 81.3 cm³/mol. The summed E-state index contributed by atoms with van der Waals surface area (Å²) in [5.74, 6) is -1.01. The lowest BCUT2D eigenvalue weighted by Gasteiger charge is -2.34. The average Bonchev–Trinajstić information content (AvgIpc) is 3.06. The fourth-order valence-corrected chi connectivity index (χ4v) is 3.34. The Morgan fingerprint density at radius 1 is 1.50 bits per heavy atom. The van der Waals surface area contributed by atoms with Crippen LogP contribution in [-0.2, 0) is 14.3 Å². The molecule has 2 rings (SSSR count). The Morgan fingerprint density at radius 2 is 2.18 bits per heavy atom. The molecule has 0 amide bonds. The van der Waals surface area contributed by atoms with Crippen LogP contribution in [0.15, 0.2) is 11.6 Å². The van der Waals surface area contributed by atoms with E-state index < -0.39 is 23.8 Å². The molecular weight excluding hydrogens is 286 g/mol. The van der Waals surface area contributed by atoms with Crippen molar-refractivity contribution in [3.8, 4) is 0 Å². The maximum Gasteiger partial charge on any atom is 0.341 e. The van der Waals surface area contributed by atoms with Gasteiger partial charge in [-0.1, -0.05) is 19.9 Å². The van der Waals surface area contributed by atoms with Crippen LogP contribution in [0.4, 0.5) is 0 Å². The highest BCUT2D eigenvalue weighted by Gasteiger charge is 2.47. The van der Waals surface area contributed by atoms with Crippen molar-refractivity contribution in [2.24, 2.45) is 5.92 Å². The van der Waals surface area contributed by atoms with Gasteiger partial charge in [0.15, 0.2) is 5.60 Å².